The molecule has 30 heavy (non-hydrogen) atoms. The van der Waals surface area contributed by atoms with Gasteiger partial charge in [0.05, 0.1) is 22.7 Å². The fraction of sp³-hybridized carbons (Fsp3) is 0.0909. The van der Waals surface area contributed by atoms with Crippen molar-refractivity contribution in [3.63, 3.8) is 0 Å². The van der Waals surface area contributed by atoms with E-state index in [1.165, 1.54) is 18.5 Å². The Morgan fingerprint density at radius 2 is 1.70 bits per heavy atom. The van der Waals surface area contributed by atoms with Gasteiger partial charge in [0.1, 0.15) is 29.1 Å². The number of hydrogen-bond acceptors (Lipinski definition) is 6. The van der Waals surface area contributed by atoms with Crippen LogP contribution in [0, 0.1) is 0 Å². The van der Waals surface area contributed by atoms with Crippen LogP contribution >= 0.6 is 11.6 Å². The van der Waals surface area contributed by atoms with E-state index < -0.39 is 9.84 Å². The van der Waals surface area contributed by atoms with E-state index in [0.29, 0.717) is 39.0 Å². The van der Waals surface area contributed by atoms with E-state index in [0.717, 1.165) is 11.6 Å². The van der Waals surface area contributed by atoms with Crippen molar-refractivity contribution >= 4 is 32.3 Å². The molecule has 0 aliphatic heterocycles. The molecule has 0 saturated carbocycles. The van der Waals surface area contributed by atoms with Gasteiger partial charge < -0.3 is 9.47 Å². The molecule has 0 radical (unpaired) electrons. The smallest absolute Gasteiger partial charge is 0.175 e. The van der Waals surface area contributed by atoms with Crippen LogP contribution in [0.25, 0.3) is 22.2 Å². The van der Waals surface area contributed by atoms with Crippen LogP contribution in [-0.2, 0) is 9.84 Å². The van der Waals surface area contributed by atoms with Crippen molar-refractivity contribution in [3.05, 3.63) is 72.0 Å². The molecule has 0 unspecified atom stereocenters. The van der Waals surface area contributed by atoms with Gasteiger partial charge in [-0.15, -0.1) is 0 Å². The molecule has 0 amide bonds. The van der Waals surface area contributed by atoms with Crippen molar-refractivity contribution in [2.75, 3.05) is 13.4 Å². The van der Waals surface area contributed by atoms with Gasteiger partial charge in [0, 0.05) is 17.2 Å². The molecule has 1 aromatic heterocycles. The Balaban J connectivity index is 1.78. The Morgan fingerprint density at radius 1 is 0.933 bits per heavy atom. The van der Waals surface area contributed by atoms with Gasteiger partial charge in [0.2, 0.25) is 0 Å². The lowest BCUT2D eigenvalue weighted by Gasteiger charge is -2.12. The zero-order valence-electron chi connectivity index (χ0n) is 16.2. The summed E-state index contributed by atoms with van der Waals surface area (Å²) in [5.74, 6) is 1.53. The minimum absolute atomic E-state index is 0.183. The van der Waals surface area contributed by atoms with E-state index in [9.17, 15) is 8.42 Å². The highest BCUT2D eigenvalue weighted by molar-refractivity contribution is 7.90. The maximum atomic E-state index is 11.8. The normalized spacial score (nSPS) is 11.4. The topological polar surface area (TPSA) is 78.4 Å². The van der Waals surface area contributed by atoms with Crippen molar-refractivity contribution in [1.29, 1.82) is 0 Å². The van der Waals surface area contributed by atoms with E-state index in [2.05, 4.69) is 9.97 Å². The van der Waals surface area contributed by atoms with Gasteiger partial charge in [0.25, 0.3) is 0 Å². The standard InChI is InChI=1S/C22H17ClN2O4S/c1-28-20-8-4-7-17-21(24-13-25-22(17)20)18-12-15(9-10-19(18)23)29-14-5-3-6-16(11-14)30(2,26)27/h3-13H,1-2H3. The average molecular weight is 441 g/mol. The number of ether oxygens (including phenoxy) is 2. The Morgan fingerprint density at radius 3 is 2.47 bits per heavy atom. The molecule has 0 spiro atoms. The molecule has 8 heteroatoms. The second kappa shape index (κ2) is 7.93. The molecule has 4 aromatic rings. The zero-order chi connectivity index (χ0) is 21.3. The maximum absolute atomic E-state index is 11.8. The number of benzene rings is 3. The zero-order valence-corrected chi connectivity index (χ0v) is 17.7. The highest BCUT2D eigenvalue weighted by atomic mass is 35.5. The van der Waals surface area contributed by atoms with Crippen LogP contribution in [0.4, 0.5) is 0 Å². The van der Waals surface area contributed by atoms with Gasteiger partial charge in [-0.1, -0.05) is 29.8 Å². The lowest BCUT2D eigenvalue weighted by molar-refractivity contribution is 0.419. The van der Waals surface area contributed by atoms with E-state index in [1.54, 1.807) is 37.4 Å². The Bertz CT molecular complexity index is 1360. The molecule has 0 N–H and O–H groups in total. The molecule has 0 aliphatic carbocycles. The summed E-state index contributed by atoms with van der Waals surface area (Å²) in [6.07, 6.45) is 2.61. The molecule has 0 saturated heterocycles. The van der Waals surface area contributed by atoms with Gasteiger partial charge in [0.15, 0.2) is 9.84 Å². The van der Waals surface area contributed by atoms with E-state index in [-0.39, 0.29) is 4.90 Å². The van der Waals surface area contributed by atoms with Crippen molar-refractivity contribution in [2.45, 2.75) is 4.90 Å². The van der Waals surface area contributed by atoms with Crippen molar-refractivity contribution in [3.8, 4) is 28.5 Å². The second-order valence-electron chi connectivity index (χ2n) is 6.57. The number of sulfone groups is 1. The quantitative estimate of drug-likeness (QED) is 0.426. The third-order valence-electron chi connectivity index (χ3n) is 4.51. The van der Waals surface area contributed by atoms with Crippen LogP contribution < -0.4 is 9.47 Å². The molecule has 6 nitrogen and oxygen atoms in total. The average Bonchev–Trinajstić information content (AvgIpc) is 2.74. The minimum Gasteiger partial charge on any atom is -0.494 e. The maximum Gasteiger partial charge on any atom is 0.175 e. The molecule has 0 bridgehead atoms. The van der Waals surface area contributed by atoms with Crippen LogP contribution in [0.2, 0.25) is 5.02 Å². The van der Waals surface area contributed by atoms with Crippen molar-refractivity contribution in [1.82, 2.24) is 9.97 Å². The first-order chi connectivity index (χ1) is 14.4. The fourth-order valence-corrected chi connectivity index (χ4v) is 3.96. The number of nitrogens with zero attached hydrogens (tertiary/aromatic N) is 2. The molecular weight excluding hydrogens is 424 g/mol. The van der Waals surface area contributed by atoms with Gasteiger partial charge >= 0.3 is 0 Å². The van der Waals surface area contributed by atoms with E-state index in [1.807, 2.05) is 18.2 Å². The molecule has 0 fully saturated rings. The predicted molar refractivity (Wildman–Crippen MR) is 116 cm³/mol. The minimum atomic E-state index is -3.34. The largest absolute Gasteiger partial charge is 0.494 e. The number of rotatable bonds is 5. The number of aromatic nitrogens is 2. The molecule has 4 rings (SSSR count). The number of halogens is 1. The van der Waals surface area contributed by atoms with E-state index in [4.69, 9.17) is 21.1 Å². The lowest BCUT2D eigenvalue weighted by Crippen LogP contribution is -1.97. The highest BCUT2D eigenvalue weighted by Crippen LogP contribution is 2.37. The monoisotopic (exact) mass is 440 g/mol. The first kappa shape index (κ1) is 20.1. The number of fused-ring (bicyclic) bond motifs is 1. The summed E-state index contributed by atoms with van der Waals surface area (Å²) in [4.78, 5) is 8.93. The first-order valence-corrected chi connectivity index (χ1v) is 11.2. The summed E-state index contributed by atoms with van der Waals surface area (Å²) in [6, 6.07) is 17.1. The SMILES string of the molecule is COc1cccc2c(-c3cc(Oc4cccc(S(C)(=O)=O)c4)ccc3Cl)ncnc12. The van der Waals surface area contributed by atoms with E-state index >= 15 is 0 Å². The number of hydrogen-bond donors (Lipinski definition) is 0. The molecule has 152 valence electrons. The molecule has 0 aliphatic rings. The molecule has 1 heterocycles. The van der Waals surface area contributed by atoms with Crippen molar-refractivity contribution < 1.29 is 17.9 Å². The Labute approximate surface area is 179 Å². The molecular formula is C22H17ClN2O4S. The van der Waals surface area contributed by atoms with Gasteiger partial charge in [-0.05, 0) is 42.5 Å². The summed E-state index contributed by atoms with van der Waals surface area (Å²) in [5.41, 5.74) is 1.97. The second-order valence-corrected chi connectivity index (χ2v) is 8.99. The summed E-state index contributed by atoms with van der Waals surface area (Å²) in [5, 5.41) is 1.28. The highest BCUT2D eigenvalue weighted by Gasteiger charge is 2.14. The Kier molecular flexibility index (Phi) is 5.32. The van der Waals surface area contributed by atoms with Crippen LogP contribution in [0.1, 0.15) is 0 Å². The molecule has 3 aromatic carbocycles. The van der Waals surface area contributed by atoms with Gasteiger partial charge in [-0.3, -0.25) is 0 Å². The van der Waals surface area contributed by atoms with Gasteiger partial charge in [-0.2, -0.15) is 0 Å². The lowest BCUT2D eigenvalue weighted by atomic mass is 10.1. The summed E-state index contributed by atoms with van der Waals surface area (Å²) >= 11 is 6.47. The summed E-state index contributed by atoms with van der Waals surface area (Å²) in [7, 11) is -1.75. The Hall–Kier alpha value is -3.16. The van der Waals surface area contributed by atoms with Gasteiger partial charge in [-0.25, -0.2) is 18.4 Å². The van der Waals surface area contributed by atoms with Crippen LogP contribution in [0.15, 0.2) is 71.9 Å². The first-order valence-electron chi connectivity index (χ1n) is 8.92. The number of methoxy groups -OCH3 is 1. The van der Waals surface area contributed by atoms with Crippen molar-refractivity contribution in [2.24, 2.45) is 0 Å². The summed E-state index contributed by atoms with van der Waals surface area (Å²) in [6.45, 7) is 0. The molecule has 0 atom stereocenters. The van der Waals surface area contributed by atoms with Crippen LogP contribution in [0.3, 0.4) is 0 Å². The van der Waals surface area contributed by atoms with Crippen LogP contribution in [0.5, 0.6) is 17.2 Å². The third-order valence-corrected chi connectivity index (χ3v) is 5.95. The predicted octanol–water partition coefficient (Wildman–Crippen LogP) is 5.15. The van der Waals surface area contributed by atoms with Crippen LogP contribution in [-0.4, -0.2) is 31.8 Å². The number of para-hydroxylation sites is 1. The third kappa shape index (κ3) is 3.94. The fourth-order valence-electron chi connectivity index (χ4n) is 3.09. The summed E-state index contributed by atoms with van der Waals surface area (Å²) < 4.78 is 34.9.